The molecule has 0 unspecified atom stereocenters. The highest BCUT2D eigenvalue weighted by Gasteiger charge is 2.10. The van der Waals surface area contributed by atoms with Crippen molar-refractivity contribution in [2.24, 2.45) is 5.41 Å². The molecule has 0 bridgehead atoms. The summed E-state index contributed by atoms with van der Waals surface area (Å²) in [6.07, 6.45) is 1.11. The van der Waals surface area contributed by atoms with Crippen molar-refractivity contribution in [2.75, 3.05) is 13.3 Å². The first-order valence-electron chi connectivity index (χ1n) is 5.03. The molecule has 13 heavy (non-hydrogen) atoms. The molecule has 1 N–H and O–H groups in total. The number of nitrogens with one attached hydrogen (secondary N) is 1. The molecule has 0 amide bonds. The summed E-state index contributed by atoms with van der Waals surface area (Å²) in [7, 11) is 0. The molecule has 0 atom stereocenters. The number of rotatable bonds is 4. The van der Waals surface area contributed by atoms with E-state index in [1.54, 1.807) is 0 Å². The zero-order valence-electron chi connectivity index (χ0n) is 10.0. The van der Waals surface area contributed by atoms with Crippen LogP contribution in [-0.4, -0.2) is 18.9 Å². The van der Waals surface area contributed by atoms with E-state index in [2.05, 4.69) is 46.9 Å². The summed E-state index contributed by atoms with van der Waals surface area (Å²) < 4.78 is 5.47. The van der Waals surface area contributed by atoms with E-state index >= 15 is 0 Å². The van der Waals surface area contributed by atoms with Crippen LogP contribution in [-0.2, 0) is 4.74 Å². The van der Waals surface area contributed by atoms with Gasteiger partial charge in [0.1, 0.15) is 0 Å². The molecule has 0 aromatic heterocycles. The standard InChI is InChI=1S/C11H25NO/c1-10(2,3)7-8-13-9-12-11(4,5)6/h12H,7-9H2,1-6H3. The van der Waals surface area contributed by atoms with E-state index in [-0.39, 0.29) is 5.54 Å². The first-order valence-corrected chi connectivity index (χ1v) is 5.03. The Morgan fingerprint density at radius 2 is 1.54 bits per heavy atom. The SMILES string of the molecule is CC(C)(C)CCOCNC(C)(C)C. The molecular formula is C11H25NO. The number of ether oxygens (including phenoxy) is 1. The Bertz CT molecular complexity index is 114. The molecule has 0 aliphatic carbocycles. The minimum absolute atomic E-state index is 0.154. The molecule has 0 heterocycles. The lowest BCUT2D eigenvalue weighted by Crippen LogP contribution is -2.37. The minimum atomic E-state index is 0.154. The third-order valence-corrected chi connectivity index (χ3v) is 1.70. The highest BCUT2D eigenvalue weighted by atomic mass is 16.5. The van der Waals surface area contributed by atoms with Gasteiger partial charge in [-0.05, 0) is 32.6 Å². The van der Waals surface area contributed by atoms with Gasteiger partial charge < -0.3 is 4.74 Å². The van der Waals surface area contributed by atoms with Crippen LogP contribution in [0.15, 0.2) is 0 Å². The maximum absolute atomic E-state index is 5.47. The summed E-state index contributed by atoms with van der Waals surface area (Å²) in [5.74, 6) is 0. The highest BCUT2D eigenvalue weighted by molar-refractivity contribution is 4.67. The molecule has 0 fully saturated rings. The van der Waals surface area contributed by atoms with Crippen molar-refractivity contribution in [3.8, 4) is 0 Å². The Labute approximate surface area is 83.1 Å². The van der Waals surface area contributed by atoms with E-state index in [0.29, 0.717) is 12.1 Å². The summed E-state index contributed by atoms with van der Waals surface area (Å²) >= 11 is 0. The molecule has 0 radical (unpaired) electrons. The fourth-order valence-corrected chi connectivity index (χ4v) is 0.718. The summed E-state index contributed by atoms with van der Waals surface area (Å²) in [6.45, 7) is 14.6. The third-order valence-electron chi connectivity index (χ3n) is 1.70. The van der Waals surface area contributed by atoms with Crippen molar-refractivity contribution < 1.29 is 4.74 Å². The fourth-order valence-electron chi connectivity index (χ4n) is 0.718. The summed E-state index contributed by atoms with van der Waals surface area (Å²) in [6, 6.07) is 0. The smallest absolute Gasteiger partial charge is 0.0969 e. The number of hydrogen-bond acceptors (Lipinski definition) is 2. The van der Waals surface area contributed by atoms with Gasteiger partial charge in [0.2, 0.25) is 0 Å². The summed E-state index contributed by atoms with van der Waals surface area (Å²) in [4.78, 5) is 0. The summed E-state index contributed by atoms with van der Waals surface area (Å²) in [5.41, 5.74) is 0.531. The molecule has 0 aromatic carbocycles. The molecule has 2 nitrogen and oxygen atoms in total. The van der Waals surface area contributed by atoms with Crippen molar-refractivity contribution in [3.63, 3.8) is 0 Å². The second-order valence-corrected chi connectivity index (χ2v) is 5.79. The molecular weight excluding hydrogens is 162 g/mol. The molecule has 0 saturated carbocycles. The Balaban J connectivity index is 3.28. The molecule has 2 heteroatoms. The Kier molecular flexibility index (Phi) is 4.93. The lowest BCUT2D eigenvalue weighted by atomic mass is 9.93. The van der Waals surface area contributed by atoms with Crippen LogP contribution in [0.2, 0.25) is 0 Å². The van der Waals surface area contributed by atoms with Crippen molar-refractivity contribution in [1.29, 1.82) is 0 Å². The van der Waals surface area contributed by atoms with Crippen LogP contribution in [0.25, 0.3) is 0 Å². The summed E-state index contributed by atoms with van der Waals surface area (Å²) in [5, 5.41) is 3.29. The van der Waals surface area contributed by atoms with E-state index in [1.807, 2.05) is 0 Å². The van der Waals surface area contributed by atoms with Crippen LogP contribution in [0.3, 0.4) is 0 Å². The Morgan fingerprint density at radius 3 is 1.92 bits per heavy atom. The van der Waals surface area contributed by atoms with Crippen LogP contribution < -0.4 is 5.32 Å². The van der Waals surface area contributed by atoms with Crippen LogP contribution in [0.4, 0.5) is 0 Å². The van der Waals surface area contributed by atoms with Gasteiger partial charge in [-0.2, -0.15) is 0 Å². The van der Waals surface area contributed by atoms with E-state index in [1.165, 1.54) is 0 Å². The van der Waals surface area contributed by atoms with Crippen LogP contribution in [0.5, 0.6) is 0 Å². The topological polar surface area (TPSA) is 21.3 Å². The second kappa shape index (κ2) is 4.97. The van der Waals surface area contributed by atoms with Crippen molar-refractivity contribution in [2.45, 2.75) is 53.5 Å². The lowest BCUT2D eigenvalue weighted by Gasteiger charge is -2.22. The third kappa shape index (κ3) is 11.9. The second-order valence-electron chi connectivity index (χ2n) is 5.79. The Hall–Kier alpha value is -0.0800. The van der Waals surface area contributed by atoms with Gasteiger partial charge in [-0.15, -0.1) is 0 Å². The van der Waals surface area contributed by atoms with E-state index < -0.39 is 0 Å². The van der Waals surface area contributed by atoms with Crippen LogP contribution in [0.1, 0.15) is 48.0 Å². The molecule has 0 saturated heterocycles. The average molecular weight is 187 g/mol. The minimum Gasteiger partial charge on any atom is -0.366 e. The fraction of sp³-hybridized carbons (Fsp3) is 1.00. The average Bonchev–Trinajstić information content (AvgIpc) is 1.81. The van der Waals surface area contributed by atoms with Gasteiger partial charge in [0.25, 0.3) is 0 Å². The molecule has 80 valence electrons. The van der Waals surface area contributed by atoms with Gasteiger partial charge in [-0.3, -0.25) is 5.32 Å². The molecule has 0 aliphatic rings. The normalized spacial score (nSPS) is 13.4. The first kappa shape index (κ1) is 12.9. The van der Waals surface area contributed by atoms with Crippen LogP contribution in [0, 0.1) is 5.41 Å². The zero-order chi connectivity index (χ0) is 10.5. The van der Waals surface area contributed by atoms with Crippen molar-refractivity contribution in [3.05, 3.63) is 0 Å². The van der Waals surface area contributed by atoms with Crippen LogP contribution >= 0.6 is 0 Å². The predicted octanol–water partition coefficient (Wildman–Crippen LogP) is 2.78. The van der Waals surface area contributed by atoms with E-state index in [4.69, 9.17) is 4.74 Å². The maximum Gasteiger partial charge on any atom is 0.0969 e. The first-order chi connectivity index (χ1) is 5.71. The van der Waals surface area contributed by atoms with Gasteiger partial charge in [-0.25, -0.2) is 0 Å². The largest absolute Gasteiger partial charge is 0.366 e. The molecule has 0 aromatic rings. The van der Waals surface area contributed by atoms with E-state index in [9.17, 15) is 0 Å². The van der Waals surface area contributed by atoms with Gasteiger partial charge in [0.15, 0.2) is 0 Å². The monoisotopic (exact) mass is 187 g/mol. The Morgan fingerprint density at radius 1 is 1.00 bits per heavy atom. The molecule has 0 spiro atoms. The van der Waals surface area contributed by atoms with Gasteiger partial charge in [0.05, 0.1) is 6.73 Å². The predicted molar refractivity (Wildman–Crippen MR) is 57.8 cm³/mol. The van der Waals surface area contributed by atoms with Crippen molar-refractivity contribution in [1.82, 2.24) is 5.32 Å². The lowest BCUT2D eigenvalue weighted by molar-refractivity contribution is 0.0795. The van der Waals surface area contributed by atoms with Gasteiger partial charge >= 0.3 is 0 Å². The van der Waals surface area contributed by atoms with Crippen molar-refractivity contribution >= 4 is 0 Å². The van der Waals surface area contributed by atoms with Gasteiger partial charge in [-0.1, -0.05) is 20.8 Å². The quantitative estimate of drug-likeness (QED) is 0.540. The maximum atomic E-state index is 5.47. The molecule has 0 aliphatic heterocycles. The van der Waals surface area contributed by atoms with E-state index in [0.717, 1.165) is 13.0 Å². The highest BCUT2D eigenvalue weighted by Crippen LogP contribution is 2.17. The van der Waals surface area contributed by atoms with Gasteiger partial charge in [0, 0.05) is 12.1 Å². The molecule has 0 rings (SSSR count). The zero-order valence-corrected chi connectivity index (χ0v) is 10.0. The number of hydrogen-bond donors (Lipinski definition) is 1.